The van der Waals surface area contributed by atoms with E-state index in [1.54, 1.807) is 44.2 Å². The molecule has 49 heavy (non-hydrogen) atoms. The van der Waals surface area contributed by atoms with Crippen molar-refractivity contribution in [1.29, 1.82) is 0 Å². The average molecular weight is 684 g/mol. The number of aryl methyl sites for hydroxylation is 3. The number of sulfonamides is 1. The van der Waals surface area contributed by atoms with Gasteiger partial charge in [0.1, 0.15) is 6.04 Å². The minimum absolute atomic E-state index is 0.00429. The van der Waals surface area contributed by atoms with E-state index in [0.717, 1.165) is 22.3 Å². The molecule has 0 aliphatic rings. The number of nitrogens with one attached hydrogen (secondary N) is 3. The van der Waals surface area contributed by atoms with Crippen molar-refractivity contribution in [2.24, 2.45) is 0 Å². The molecule has 0 saturated heterocycles. The molecule has 4 aromatic rings. The highest BCUT2D eigenvalue weighted by molar-refractivity contribution is 7.90. The molecule has 0 unspecified atom stereocenters. The Morgan fingerprint density at radius 1 is 0.714 bits per heavy atom. The number of carbonyl (C=O) groups excluding carboxylic acids is 5. The Labute approximate surface area is 285 Å². The normalized spacial score (nSPS) is 12.2. The number of benzene rings is 4. The van der Waals surface area contributed by atoms with Gasteiger partial charge in [0.05, 0.1) is 16.5 Å². The third-order valence-corrected chi connectivity index (χ3v) is 9.01. The van der Waals surface area contributed by atoms with Gasteiger partial charge in [-0.2, -0.15) is 0 Å². The molecule has 0 aliphatic heterocycles. The lowest BCUT2D eigenvalue weighted by Gasteiger charge is -2.21. The molecular formula is C37H37N3O8S. The lowest BCUT2D eigenvalue weighted by molar-refractivity contribution is -0.129. The predicted octanol–water partition coefficient (Wildman–Crippen LogP) is 4.00. The number of esters is 1. The Hall–Kier alpha value is -5.62. The number of rotatable bonds is 13. The van der Waals surface area contributed by atoms with Gasteiger partial charge in [0.15, 0.2) is 12.4 Å². The van der Waals surface area contributed by atoms with E-state index in [1.165, 1.54) is 55.5 Å². The van der Waals surface area contributed by atoms with Crippen LogP contribution >= 0.6 is 0 Å². The van der Waals surface area contributed by atoms with Crippen molar-refractivity contribution in [3.05, 3.63) is 136 Å². The van der Waals surface area contributed by atoms with Crippen molar-refractivity contribution in [3.8, 4) is 0 Å². The molecule has 11 nitrogen and oxygen atoms in total. The summed E-state index contributed by atoms with van der Waals surface area (Å²) in [5.74, 6) is -3.35. The van der Waals surface area contributed by atoms with Crippen LogP contribution in [-0.2, 0) is 30.8 Å². The van der Waals surface area contributed by atoms with Crippen molar-refractivity contribution < 1.29 is 37.1 Å². The smallest absolute Gasteiger partial charge is 0.339 e. The van der Waals surface area contributed by atoms with Gasteiger partial charge in [0, 0.05) is 17.5 Å². The minimum atomic E-state index is -4.10. The molecule has 4 rings (SSSR count). The third kappa shape index (κ3) is 9.71. The first-order chi connectivity index (χ1) is 23.2. The Morgan fingerprint density at radius 2 is 1.24 bits per heavy atom. The maximum atomic E-state index is 13.4. The fraction of sp³-hybridized carbons (Fsp3) is 0.216. The van der Waals surface area contributed by atoms with Crippen LogP contribution < -0.4 is 15.4 Å². The quantitative estimate of drug-likeness (QED) is 0.178. The molecule has 0 spiro atoms. The summed E-state index contributed by atoms with van der Waals surface area (Å²) in [6, 6.07) is 23.1. The van der Waals surface area contributed by atoms with Crippen LogP contribution in [0.2, 0.25) is 0 Å². The van der Waals surface area contributed by atoms with E-state index in [1.807, 2.05) is 29.8 Å². The summed E-state index contributed by atoms with van der Waals surface area (Å²) in [4.78, 5) is 64.8. The van der Waals surface area contributed by atoms with Crippen molar-refractivity contribution in [2.45, 2.75) is 51.1 Å². The molecule has 254 valence electrons. The van der Waals surface area contributed by atoms with Gasteiger partial charge in [0.2, 0.25) is 5.91 Å². The topological polar surface area (TPSA) is 165 Å². The number of hydrogen-bond acceptors (Lipinski definition) is 8. The fourth-order valence-electron chi connectivity index (χ4n) is 5.14. The first-order valence-corrected chi connectivity index (χ1v) is 16.9. The zero-order valence-corrected chi connectivity index (χ0v) is 28.3. The van der Waals surface area contributed by atoms with Crippen LogP contribution in [0.4, 0.5) is 0 Å². The second kappa shape index (κ2) is 16.0. The monoisotopic (exact) mass is 683 g/mol. The second-order valence-corrected chi connectivity index (χ2v) is 13.3. The largest absolute Gasteiger partial charge is 0.454 e. The van der Waals surface area contributed by atoms with Gasteiger partial charge < -0.3 is 15.4 Å². The Balaban J connectivity index is 1.40. The van der Waals surface area contributed by atoms with E-state index < -0.39 is 58.2 Å². The molecule has 4 aromatic carbocycles. The Bertz CT molecular complexity index is 1940. The van der Waals surface area contributed by atoms with Crippen molar-refractivity contribution in [2.75, 3.05) is 6.61 Å². The van der Waals surface area contributed by atoms with Crippen LogP contribution in [0, 0.1) is 20.8 Å². The third-order valence-electron chi connectivity index (χ3n) is 7.66. The van der Waals surface area contributed by atoms with Crippen molar-refractivity contribution in [3.63, 3.8) is 0 Å². The number of ketones is 1. The van der Waals surface area contributed by atoms with Gasteiger partial charge in [-0.1, -0.05) is 66.2 Å². The molecule has 0 aliphatic carbocycles. The molecule has 0 heterocycles. The van der Waals surface area contributed by atoms with Gasteiger partial charge >= 0.3 is 5.97 Å². The number of amides is 3. The number of carbonyl (C=O) groups is 5. The number of ether oxygens (including phenoxy) is 1. The van der Waals surface area contributed by atoms with E-state index >= 15 is 0 Å². The van der Waals surface area contributed by atoms with Crippen LogP contribution in [0.3, 0.4) is 0 Å². The summed E-state index contributed by atoms with van der Waals surface area (Å²) >= 11 is 0. The average Bonchev–Trinajstić information content (AvgIpc) is 3.07. The summed E-state index contributed by atoms with van der Waals surface area (Å²) < 4.78 is 32.3. The first kappa shape index (κ1) is 36.2. The van der Waals surface area contributed by atoms with Gasteiger partial charge in [0.25, 0.3) is 21.8 Å². The highest BCUT2D eigenvalue weighted by atomic mass is 32.2. The van der Waals surface area contributed by atoms with Gasteiger partial charge in [-0.05, 0) is 80.8 Å². The molecule has 0 fully saturated rings. The summed E-state index contributed by atoms with van der Waals surface area (Å²) in [7, 11) is -4.10. The molecule has 0 aromatic heterocycles. The summed E-state index contributed by atoms with van der Waals surface area (Å²) in [5, 5.41) is 5.28. The lowest BCUT2D eigenvalue weighted by Crippen LogP contribution is -2.52. The van der Waals surface area contributed by atoms with E-state index in [-0.39, 0.29) is 22.4 Å². The molecule has 12 heteroatoms. The molecule has 3 N–H and O–H groups in total. The molecule has 3 amide bonds. The van der Waals surface area contributed by atoms with Crippen LogP contribution in [0.5, 0.6) is 0 Å². The standard InChI is InChI=1S/C37H37N3O8S/c1-23-19-24(2)33(25(3)20-23)37(45)48-22-32(41)26(4)38-36(44)31(21-27-11-7-5-8-12-27)39-34(42)28-15-17-29(18-16-28)35(43)40-49(46,47)30-13-9-6-10-14-30/h5-20,26,31H,21-22H2,1-4H3,(H,38,44)(H,39,42)(H,40,43)/t26-,31-/m0/s1. The van der Waals surface area contributed by atoms with Gasteiger partial charge in [-0.25, -0.2) is 17.9 Å². The summed E-state index contributed by atoms with van der Waals surface area (Å²) in [5.41, 5.74) is 3.67. The maximum absolute atomic E-state index is 13.4. The number of Topliss-reactive ketones (excluding diaryl/α,β-unsaturated/α-hetero) is 1. The Kier molecular flexibility index (Phi) is 11.8. The van der Waals surface area contributed by atoms with E-state index in [9.17, 15) is 32.4 Å². The first-order valence-electron chi connectivity index (χ1n) is 15.4. The van der Waals surface area contributed by atoms with Gasteiger partial charge in [-0.3, -0.25) is 19.2 Å². The maximum Gasteiger partial charge on any atom is 0.339 e. The zero-order chi connectivity index (χ0) is 35.7. The fourth-order valence-corrected chi connectivity index (χ4v) is 6.14. The van der Waals surface area contributed by atoms with Gasteiger partial charge in [-0.15, -0.1) is 0 Å². The summed E-state index contributed by atoms with van der Waals surface area (Å²) in [6.07, 6.45) is 0.0954. The lowest BCUT2D eigenvalue weighted by atomic mass is 10.00. The molecule has 0 bridgehead atoms. The molecule has 0 saturated carbocycles. The van der Waals surface area contributed by atoms with E-state index in [2.05, 4.69) is 10.6 Å². The summed E-state index contributed by atoms with van der Waals surface area (Å²) in [6.45, 7) is 6.38. The SMILES string of the molecule is Cc1cc(C)c(C(=O)OCC(=O)[C@H](C)NC(=O)[C@H](Cc2ccccc2)NC(=O)c2ccc(C(=O)NS(=O)(=O)c3ccccc3)cc2)c(C)c1. The molecule has 2 atom stereocenters. The minimum Gasteiger partial charge on any atom is -0.454 e. The highest BCUT2D eigenvalue weighted by Crippen LogP contribution is 2.18. The van der Waals surface area contributed by atoms with Crippen LogP contribution in [-0.4, -0.2) is 56.6 Å². The van der Waals surface area contributed by atoms with E-state index in [0.29, 0.717) is 5.56 Å². The van der Waals surface area contributed by atoms with Crippen molar-refractivity contribution in [1.82, 2.24) is 15.4 Å². The second-order valence-electron chi connectivity index (χ2n) is 11.6. The molecular weight excluding hydrogens is 646 g/mol. The number of hydrogen-bond donors (Lipinski definition) is 3. The molecule has 0 radical (unpaired) electrons. The van der Waals surface area contributed by atoms with E-state index in [4.69, 9.17) is 4.74 Å². The zero-order valence-electron chi connectivity index (χ0n) is 27.5. The van der Waals surface area contributed by atoms with Crippen LogP contribution in [0.15, 0.2) is 102 Å². The van der Waals surface area contributed by atoms with Crippen LogP contribution in [0.25, 0.3) is 0 Å². The highest BCUT2D eigenvalue weighted by Gasteiger charge is 2.27. The predicted molar refractivity (Wildman–Crippen MR) is 182 cm³/mol. The van der Waals surface area contributed by atoms with Crippen LogP contribution in [0.1, 0.15) is 60.3 Å². The Morgan fingerprint density at radius 3 is 1.82 bits per heavy atom. The van der Waals surface area contributed by atoms with Crippen molar-refractivity contribution >= 4 is 39.5 Å².